The minimum absolute atomic E-state index is 0.124. The molecule has 23 heavy (non-hydrogen) atoms. The SMILES string of the molecule is O=C(c1cccc(O)c1)N1N=C2CCCCC2C1(O)C(F)(F)F. The van der Waals surface area contributed by atoms with Crippen molar-refractivity contribution in [2.75, 3.05) is 0 Å². The van der Waals surface area contributed by atoms with Crippen LogP contribution in [0.3, 0.4) is 0 Å². The quantitative estimate of drug-likeness (QED) is 0.832. The second-order valence-corrected chi connectivity index (χ2v) is 5.78. The van der Waals surface area contributed by atoms with Crippen molar-refractivity contribution >= 4 is 11.6 Å². The van der Waals surface area contributed by atoms with E-state index in [2.05, 4.69) is 5.10 Å². The van der Waals surface area contributed by atoms with Crippen LogP contribution in [0.5, 0.6) is 5.75 Å². The molecule has 2 unspecified atom stereocenters. The van der Waals surface area contributed by atoms with Crippen LogP contribution in [0.4, 0.5) is 13.2 Å². The van der Waals surface area contributed by atoms with Crippen LogP contribution in [0.1, 0.15) is 36.0 Å². The van der Waals surface area contributed by atoms with Gasteiger partial charge in [0, 0.05) is 11.3 Å². The highest BCUT2D eigenvalue weighted by Crippen LogP contribution is 2.48. The molecule has 2 aliphatic rings. The van der Waals surface area contributed by atoms with Crippen LogP contribution < -0.4 is 0 Å². The zero-order valence-electron chi connectivity index (χ0n) is 12.0. The lowest BCUT2D eigenvalue weighted by Crippen LogP contribution is -2.61. The number of benzene rings is 1. The van der Waals surface area contributed by atoms with Crippen LogP contribution in [0.2, 0.25) is 0 Å². The molecule has 0 saturated heterocycles. The molecule has 0 radical (unpaired) electrons. The van der Waals surface area contributed by atoms with Crippen LogP contribution >= 0.6 is 0 Å². The molecule has 1 fully saturated rings. The van der Waals surface area contributed by atoms with Crippen molar-refractivity contribution in [3.63, 3.8) is 0 Å². The number of aromatic hydroxyl groups is 1. The van der Waals surface area contributed by atoms with Gasteiger partial charge in [-0.3, -0.25) is 4.79 Å². The molecule has 2 N–H and O–H groups in total. The maximum absolute atomic E-state index is 13.6. The predicted molar refractivity (Wildman–Crippen MR) is 74.7 cm³/mol. The summed E-state index contributed by atoms with van der Waals surface area (Å²) in [6.45, 7) is 0. The zero-order chi connectivity index (χ0) is 16.8. The number of aliphatic hydroxyl groups is 1. The lowest BCUT2D eigenvalue weighted by Gasteiger charge is -2.38. The molecule has 1 saturated carbocycles. The van der Waals surface area contributed by atoms with Crippen LogP contribution in [-0.4, -0.2) is 38.7 Å². The van der Waals surface area contributed by atoms with Crippen molar-refractivity contribution in [1.29, 1.82) is 0 Å². The molecule has 0 spiro atoms. The van der Waals surface area contributed by atoms with Gasteiger partial charge in [-0.05, 0) is 37.5 Å². The van der Waals surface area contributed by atoms with Gasteiger partial charge in [-0.15, -0.1) is 0 Å². The normalized spacial score (nSPS) is 27.6. The summed E-state index contributed by atoms with van der Waals surface area (Å²) in [6.07, 6.45) is -3.37. The predicted octanol–water partition coefficient (Wildman–Crippen LogP) is 2.65. The minimum atomic E-state index is -5.03. The molecule has 1 aromatic rings. The van der Waals surface area contributed by atoms with E-state index in [0.29, 0.717) is 19.3 Å². The molecule has 0 aromatic heterocycles. The second-order valence-electron chi connectivity index (χ2n) is 5.78. The summed E-state index contributed by atoms with van der Waals surface area (Å²) in [5.74, 6) is -2.59. The highest BCUT2D eigenvalue weighted by Gasteiger charge is 2.68. The monoisotopic (exact) mass is 328 g/mol. The summed E-state index contributed by atoms with van der Waals surface area (Å²) in [5, 5.41) is 23.7. The number of carbonyl (C=O) groups excluding carboxylic acids is 1. The highest BCUT2D eigenvalue weighted by atomic mass is 19.4. The summed E-state index contributed by atoms with van der Waals surface area (Å²) in [5.41, 5.74) is -3.31. The van der Waals surface area contributed by atoms with E-state index in [-0.39, 0.29) is 28.5 Å². The maximum Gasteiger partial charge on any atom is 0.439 e. The first-order valence-corrected chi connectivity index (χ1v) is 7.25. The standard InChI is InChI=1S/C15H15F3N2O3/c16-15(17,18)14(23)11-6-1-2-7-12(11)19-20(14)13(22)9-4-3-5-10(21)8-9/h3-5,8,11,21,23H,1-2,6-7H2. The van der Waals surface area contributed by atoms with Gasteiger partial charge in [-0.25, -0.2) is 0 Å². The number of phenolic OH excluding ortho intramolecular Hbond substituents is 1. The van der Waals surface area contributed by atoms with Gasteiger partial charge in [0.25, 0.3) is 11.6 Å². The Morgan fingerprint density at radius 2 is 2.09 bits per heavy atom. The summed E-state index contributed by atoms with van der Waals surface area (Å²) in [7, 11) is 0. The minimum Gasteiger partial charge on any atom is -0.508 e. The molecular formula is C15H15F3N2O3. The van der Waals surface area contributed by atoms with Gasteiger partial charge in [0.15, 0.2) is 0 Å². The molecule has 1 aromatic carbocycles. The Morgan fingerprint density at radius 3 is 2.74 bits per heavy atom. The smallest absolute Gasteiger partial charge is 0.439 e. The number of halogens is 3. The molecule has 124 valence electrons. The third-order valence-electron chi connectivity index (χ3n) is 4.32. The van der Waals surface area contributed by atoms with Crippen LogP contribution in [0, 0.1) is 5.92 Å². The van der Waals surface area contributed by atoms with E-state index in [1.807, 2.05) is 0 Å². The number of nitrogens with zero attached hydrogens (tertiary/aromatic N) is 2. The molecule has 0 bridgehead atoms. The number of carbonyl (C=O) groups is 1. The average molecular weight is 328 g/mol. The number of hydrogen-bond donors (Lipinski definition) is 2. The number of hydrogen-bond acceptors (Lipinski definition) is 4. The molecule has 5 nitrogen and oxygen atoms in total. The Hall–Kier alpha value is -2.09. The lowest BCUT2D eigenvalue weighted by molar-refractivity contribution is -0.312. The lowest BCUT2D eigenvalue weighted by atomic mass is 9.80. The Balaban J connectivity index is 2.05. The van der Waals surface area contributed by atoms with E-state index in [4.69, 9.17) is 0 Å². The van der Waals surface area contributed by atoms with Crippen LogP contribution in [0.15, 0.2) is 29.4 Å². The molecule has 8 heteroatoms. The summed E-state index contributed by atoms with van der Waals surface area (Å²) in [4.78, 5) is 12.5. The van der Waals surface area contributed by atoms with E-state index < -0.39 is 23.7 Å². The van der Waals surface area contributed by atoms with E-state index in [1.54, 1.807) is 0 Å². The van der Waals surface area contributed by atoms with Crippen molar-refractivity contribution < 1.29 is 28.2 Å². The van der Waals surface area contributed by atoms with Crippen molar-refractivity contribution in [3.05, 3.63) is 29.8 Å². The molecule has 1 aliphatic carbocycles. The number of alkyl halides is 3. The Morgan fingerprint density at radius 1 is 1.35 bits per heavy atom. The highest BCUT2D eigenvalue weighted by molar-refractivity contribution is 5.99. The number of hydrazone groups is 1. The summed E-state index contributed by atoms with van der Waals surface area (Å²) >= 11 is 0. The zero-order valence-corrected chi connectivity index (χ0v) is 12.0. The molecule has 3 rings (SSSR count). The largest absolute Gasteiger partial charge is 0.508 e. The molecule has 1 aliphatic heterocycles. The van der Waals surface area contributed by atoms with Crippen LogP contribution in [-0.2, 0) is 0 Å². The Labute approximate surface area is 130 Å². The maximum atomic E-state index is 13.6. The fraction of sp³-hybridized carbons (Fsp3) is 0.467. The van der Waals surface area contributed by atoms with E-state index in [0.717, 1.165) is 6.07 Å². The third kappa shape index (κ3) is 2.37. The molecule has 1 amide bonds. The van der Waals surface area contributed by atoms with Gasteiger partial charge in [-0.1, -0.05) is 12.5 Å². The number of phenols is 1. The second kappa shape index (κ2) is 5.23. The molecule has 1 heterocycles. The van der Waals surface area contributed by atoms with Crippen molar-refractivity contribution in [1.82, 2.24) is 5.01 Å². The fourth-order valence-corrected chi connectivity index (χ4v) is 3.18. The first-order valence-electron chi connectivity index (χ1n) is 7.25. The van der Waals surface area contributed by atoms with E-state index >= 15 is 0 Å². The van der Waals surface area contributed by atoms with Gasteiger partial charge in [0.1, 0.15) is 5.75 Å². The fourth-order valence-electron chi connectivity index (χ4n) is 3.18. The van der Waals surface area contributed by atoms with Gasteiger partial charge in [0.05, 0.1) is 5.92 Å². The topological polar surface area (TPSA) is 73.1 Å². The van der Waals surface area contributed by atoms with Gasteiger partial charge < -0.3 is 10.2 Å². The number of amides is 1. The molecule has 2 atom stereocenters. The summed E-state index contributed by atoms with van der Waals surface area (Å²) < 4.78 is 40.7. The Kier molecular flexibility index (Phi) is 3.59. The first kappa shape index (κ1) is 15.8. The van der Waals surface area contributed by atoms with Gasteiger partial charge in [0.2, 0.25) is 0 Å². The van der Waals surface area contributed by atoms with E-state index in [9.17, 15) is 28.2 Å². The van der Waals surface area contributed by atoms with Crippen LogP contribution in [0.25, 0.3) is 0 Å². The van der Waals surface area contributed by atoms with Crippen molar-refractivity contribution in [2.24, 2.45) is 11.0 Å². The van der Waals surface area contributed by atoms with E-state index in [1.165, 1.54) is 18.2 Å². The number of fused-ring (bicyclic) bond motifs is 1. The van der Waals surface area contributed by atoms with Gasteiger partial charge in [-0.2, -0.15) is 23.3 Å². The van der Waals surface area contributed by atoms with Crippen molar-refractivity contribution in [3.8, 4) is 5.75 Å². The summed E-state index contributed by atoms with van der Waals surface area (Å²) in [6, 6.07) is 4.94. The third-order valence-corrected chi connectivity index (χ3v) is 4.32. The number of rotatable bonds is 1. The first-order chi connectivity index (χ1) is 10.7. The average Bonchev–Trinajstić information content (AvgIpc) is 2.81. The van der Waals surface area contributed by atoms with Gasteiger partial charge >= 0.3 is 6.18 Å². The molecular weight excluding hydrogens is 313 g/mol. The Bertz CT molecular complexity index is 674. The van der Waals surface area contributed by atoms with Crippen molar-refractivity contribution in [2.45, 2.75) is 37.6 Å².